The minimum Gasteiger partial charge on any atom is -0.357 e. The fourth-order valence-corrected chi connectivity index (χ4v) is 4.37. The van der Waals surface area contributed by atoms with Crippen LogP contribution in [0.5, 0.6) is 0 Å². The van der Waals surface area contributed by atoms with Crippen molar-refractivity contribution in [3.8, 4) is 0 Å². The van der Waals surface area contributed by atoms with E-state index in [2.05, 4.69) is 64.0 Å². The third-order valence-corrected chi connectivity index (χ3v) is 6.51. The number of piperidine rings is 1. The van der Waals surface area contributed by atoms with E-state index in [-0.39, 0.29) is 0 Å². The number of nitrogens with zero attached hydrogens (tertiary/aromatic N) is 4. The summed E-state index contributed by atoms with van der Waals surface area (Å²) in [6.45, 7) is 10.1. The molecule has 1 fully saturated rings. The molecule has 0 spiro atoms. The zero-order valence-electron chi connectivity index (χ0n) is 18.8. The molecule has 2 N–H and O–H groups in total. The molecule has 164 valence electrons. The van der Waals surface area contributed by atoms with E-state index in [9.17, 15) is 0 Å². The highest BCUT2D eigenvalue weighted by Crippen LogP contribution is 2.19. The number of thiazole rings is 1. The van der Waals surface area contributed by atoms with Gasteiger partial charge in [-0.15, -0.1) is 11.3 Å². The molecule has 0 amide bonds. The van der Waals surface area contributed by atoms with Crippen LogP contribution in [0.1, 0.15) is 36.6 Å². The molecule has 0 saturated carbocycles. The van der Waals surface area contributed by atoms with Gasteiger partial charge >= 0.3 is 0 Å². The fourth-order valence-electron chi connectivity index (χ4n) is 3.62. The first-order valence-corrected chi connectivity index (χ1v) is 11.8. The molecule has 6 nitrogen and oxygen atoms in total. The van der Waals surface area contributed by atoms with Crippen LogP contribution in [-0.4, -0.2) is 56.1 Å². The number of anilines is 1. The molecule has 0 radical (unpaired) electrons. The highest BCUT2D eigenvalue weighted by Gasteiger charge is 2.19. The second-order valence-electron chi connectivity index (χ2n) is 8.30. The summed E-state index contributed by atoms with van der Waals surface area (Å²) < 4.78 is 0. The molecule has 1 aliphatic rings. The van der Waals surface area contributed by atoms with Crippen LogP contribution in [0.2, 0.25) is 0 Å². The van der Waals surface area contributed by atoms with Crippen LogP contribution in [0, 0.1) is 12.8 Å². The second kappa shape index (κ2) is 11.3. The number of guanidine groups is 1. The van der Waals surface area contributed by atoms with Gasteiger partial charge < -0.3 is 15.5 Å². The van der Waals surface area contributed by atoms with Crippen molar-refractivity contribution in [2.24, 2.45) is 10.9 Å². The van der Waals surface area contributed by atoms with Crippen molar-refractivity contribution in [1.29, 1.82) is 0 Å². The first-order valence-electron chi connectivity index (χ1n) is 10.9. The Kier molecular flexibility index (Phi) is 8.51. The lowest BCUT2D eigenvalue weighted by Crippen LogP contribution is -2.42. The summed E-state index contributed by atoms with van der Waals surface area (Å²) in [4.78, 5) is 14.0. The molecule has 1 saturated heterocycles. The number of hydrogen-bond donors (Lipinski definition) is 2. The van der Waals surface area contributed by atoms with Gasteiger partial charge in [0.1, 0.15) is 0 Å². The van der Waals surface area contributed by atoms with Crippen LogP contribution < -0.4 is 15.5 Å². The highest BCUT2D eigenvalue weighted by atomic mass is 32.1. The molecule has 0 bridgehead atoms. The summed E-state index contributed by atoms with van der Waals surface area (Å²) in [7, 11) is 4.03. The molecular formula is C23H36N6S. The van der Waals surface area contributed by atoms with E-state index < -0.39 is 0 Å². The summed E-state index contributed by atoms with van der Waals surface area (Å²) in [5.74, 6) is 1.58. The van der Waals surface area contributed by atoms with Gasteiger partial charge in [0.05, 0.1) is 12.2 Å². The topological polar surface area (TPSA) is 55.8 Å². The van der Waals surface area contributed by atoms with Crippen molar-refractivity contribution < 1.29 is 0 Å². The van der Waals surface area contributed by atoms with Crippen LogP contribution >= 0.6 is 11.3 Å². The van der Waals surface area contributed by atoms with Crippen molar-refractivity contribution in [2.45, 2.75) is 39.8 Å². The Bertz CT molecular complexity index is 790. The maximum absolute atomic E-state index is 4.73. The van der Waals surface area contributed by atoms with Crippen LogP contribution in [-0.2, 0) is 13.1 Å². The summed E-state index contributed by atoms with van der Waals surface area (Å²) in [5, 5.41) is 10.0. The number of likely N-dealkylation sites (tertiary alicyclic amines) is 1. The van der Waals surface area contributed by atoms with E-state index in [0.717, 1.165) is 36.4 Å². The van der Waals surface area contributed by atoms with Crippen LogP contribution in [0.3, 0.4) is 0 Å². The monoisotopic (exact) mass is 428 g/mol. The second-order valence-corrected chi connectivity index (χ2v) is 9.13. The van der Waals surface area contributed by atoms with Gasteiger partial charge in [0.15, 0.2) is 11.1 Å². The number of aryl methyl sites for hydroxylation is 1. The Morgan fingerprint density at radius 2 is 1.93 bits per heavy atom. The largest absolute Gasteiger partial charge is 0.357 e. The molecule has 1 aromatic carbocycles. The third kappa shape index (κ3) is 6.99. The van der Waals surface area contributed by atoms with Gasteiger partial charge in [-0.25, -0.2) is 9.98 Å². The van der Waals surface area contributed by atoms with E-state index in [1.54, 1.807) is 11.3 Å². The average molecular weight is 429 g/mol. The van der Waals surface area contributed by atoms with Gasteiger partial charge in [-0.3, -0.25) is 4.90 Å². The van der Waals surface area contributed by atoms with Gasteiger partial charge in [0.2, 0.25) is 0 Å². The Morgan fingerprint density at radius 1 is 1.20 bits per heavy atom. The number of aromatic nitrogens is 1. The molecular weight excluding hydrogens is 392 g/mol. The highest BCUT2D eigenvalue weighted by molar-refractivity contribution is 7.13. The zero-order chi connectivity index (χ0) is 21.3. The van der Waals surface area contributed by atoms with Crippen molar-refractivity contribution in [3.05, 3.63) is 46.5 Å². The minimum absolute atomic E-state index is 0.606. The van der Waals surface area contributed by atoms with Gasteiger partial charge in [-0.05, 0) is 51.3 Å². The predicted octanol–water partition coefficient (Wildman–Crippen LogP) is 3.48. The molecule has 7 heteroatoms. The lowest BCUT2D eigenvalue weighted by molar-refractivity contribution is 0.178. The Balaban J connectivity index is 1.43. The van der Waals surface area contributed by atoms with Gasteiger partial charge in [0.25, 0.3) is 0 Å². The Hall–Kier alpha value is -2.12. The van der Waals surface area contributed by atoms with Gasteiger partial charge in [-0.2, -0.15) is 0 Å². The van der Waals surface area contributed by atoms with Crippen molar-refractivity contribution in [2.75, 3.05) is 45.2 Å². The van der Waals surface area contributed by atoms with Crippen molar-refractivity contribution in [3.63, 3.8) is 0 Å². The molecule has 0 unspecified atom stereocenters. The molecule has 1 aliphatic heterocycles. The van der Waals surface area contributed by atoms with E-state index >= 15 is 0 Å². The summed E-state index contributed by atoms with van der Waals surface area (Å²) >= 11 is 1.66. The minimum atomic E-state index is 0.606. The molecule has 0 atom stereocenters. The SMILES string of the molecule is CCNC(=NCc1csc(N(C)C)n1)NCC1CCN(Cc2ccc(C)cc2)CC1. The lowest BCUT2D eigenvalue weighted by atomic mass is 9.96. The molecule has 0 aliphatic carbocycles. The van der Waals surface area contributed by atoms with Crippen molar-refractivity contribution >= 4 is 22.4 Å². The third-order valence-electron chi connectivity index (χ3n) is 5.46. The smallest absolute Gasteiger partial charge is 0.191 e. The number of benzene rings is 1. The summed E-state index contributed by atoms with van der Waals surface area (Å²) in [6.07, 6.45) is 2.47. The van der Waals surface area contributed by atoms with Crippen LogP contribution in [0.4, 0.5) is 5.13 Å². The van der Waals surface area contributed by atoms with E-state index in [0.29, 0.717) is 12.5 Å². The van der Waals surface area contributed by atoms with Crippen LogP contribution in [0.15, 0.2) is 34.6 Å². The Morgan fingerprint density at radius 3 is 2.57 bits per heavy atom. The maximum Gasteiger partial charge on any atom is 0.191 e. The number of nitrogens with one attached hydrogen (secondary N) is 2. The number of aliphatic imine (C=N–C) groups is 1. The molecule has 2 heterocycles. The Labute approximate surface area is 185 Å². The number of rotatable bonds is 8. The lowest BCUT2D eigenvalue weighted by Gasteiger charge is -2.32. The fraction of sp³-hybridized carbons (Fsp3) is 0.565. The van der Waals surface area contributed by atoms with Crippen LogP contribution in [0.25, 0.3) is 0 Å². The molecule has 3 rings (SSSR count). The molecule has 30 heavy (non-hydrogen) atoms. The quantitative estimate of drug-likeness (QED) is 0.498. The standard InChI is InChI=1S/C23H36N6S/c1-5-24-22(26-15-21-17-30-23(27-21)28(3)4)25-14-19-10-12-29(13-11-19)16-20-8-6-18(2)7-9-20/h6-9,17,19H,5,10-16H2,1-4H3,(H2,24,25,26). The number of hydrogen-bond acceptors (Lipinski definition) is 5. The average Bonchev–Trinajstić information content (AvgIpc) is 3.22. The summed E-state index contributed by atoms with van der Waals surface area (Å²) in [5.41, 5.74) is 3.76. The van der Waals surface area contributed by atoms with E-state index in [1.165, 1.54) is 37.1 Å². The van der Waals surface area contributed by atoms with E-state index in [4.69, 9.17) is 4.99 Å². The zero-order valence-corrected chi connectivity index (χ0v) is 19.6. The predicted molar refractivity (Wildman–Crippen MR) is 128 cm³/mol. The normalized spacial score (nSPS) is 15.9. The molecule has 2 aromatic rings. The molecule has 1 aromatic heterocycles. The first-order chi connectivity index (χ1) is 14.5. The van der Waals surface area contributed by atoms with E-state index in [1.807, 2.05) is 19.0 Å². The van der Waals surface area contributed by atoms with Gasteiger partial charge in [0, 0.05) is 39.1 Å². The maximum atomic E-state index is 4.73. The summed E-state index contributed by atoms with van der Waals surface area (Å²) in [6, 6.07) is 8.93. The van der Waals surface area contributed by atoms with Crippen molar-refractivity contribution in [1.82, 2.24) is 20.5 Å². The first kappa shape index (κ1) is 22.6. The van der Waals surface area contributed by atoms with Gasteiger partial charge in [-0.1, -0.05) is 29.8 Å².